The van der Waals surface area contributed by atoms with Crippen LogP contribution in [0.15, 0.2) is 35.3 Å². The Bertz CT molecular complexity index is 541. The SMILES string of the molecule is CN=C(NCC(C)(C)Cc1ccccc1)NCC1(CCOC)CCC1.I. The first-order chi connectivity index (χ1) is 12.0. The maximum absolute atomic E-state index is 5.28. The van der Waals surface area contributed by atoms with Crippen molar-refractivity contribution < 1.29 is 4.74 Å². The molecular weight excluding hydrogens is 437 g/mol. The van der Waals surface area contributed by atoms with Gasteiger partial charge in [-0.2, -0.15) is 0 Å². The van der Waals surface area contributed by atoms with E-state index in [1.165, 1.54) is 24.8 Å². The number of guanidine groups is 1. The largest absolute Gasteiger partial charge is 0.385 e. The van der Waals surface area contributed by atoms with Crippen molar-refractivity contribution in [2.45, 2.75) is 46.0 Å². The third-order valence-corrected chi connectivity index (χ3v) is 5.37. The molecule has 1 aliphatic rings. The zero-order chi connectivity index (χ0) is 18.2. The lowest BCUT2D eigenvalue weighted by Gasteiger charge is -2.42. The van der Waals surface area contributed by atoms with Crippen molar-refractivity contribution in [3.05, 3.63) is 35.9 Å². The van der Waals surface area contributed by atoms with Gasteiger partial charge in [-0.1, -0.05) is 50.6 Å². The molecule has 0 unspecified atom stereocenters. The molecule has 26 heavy (non-hydrogen) atoms. The maximum Gasteiger partial charge on any atom is 0.191 e. The van der Waals surface area contributed by atoms with Gasteiger partial charge in [-0.3, -0.25) is 4.99 Å². The summed E-state index contributed by atoms with van der Waals surface area (Å²) < 4.78 is 5.28. The van der Waals surface area contributed by atoms with Crippen LogP contribution in [0.2, 0.25) is 0 Å². The summed E-state index contributed by atoms with van der Waals surface area (Å²) in [6.07, 6.45) is 6.10. The van der Waals surface area contributed by atoms with Crippen molar-refractivity contribution in [3.8, 4) is 0 Å². The van der Waals surface area contributed by atoms with E-state index in [0.717, 1.165) is 38.5 Å². The number of rotatable bonds is 9. The van der Waals surface area contributed by atoms with Crippen LogP contribution >= 0.6 is 24.0 Å². The number of halogens is 1. The van der Waals surface area contributed by atoms with Gasteiger partial charge in [0, 0.05) is 33.9 Å². The summed E-state index contributed by atoms with van der Waals surface area (Å²) in [5.74, 6) is 0.907. The monoisotopic (exact) mass is 473 g/mol. The molecule has 0 radical (unpaired) electrons. The molecule has 0 heterocycles. The van der Waals surface area contributed by atoms with E-state index in [-0.39, 0.29) is 29.4 Å². The summed E-state index contributed by atoms with van der Waals surface area (Å²) in [5, 5.41) is 7.06. The molecule has 0 saturated heterocycles. The Kier molecular flexibility index (Phi) is 9.93. The lowest BCUT2D eigenvalue weighted by atomic mass is 9.67. The van der Waals surface area contributed by atoms with Gasteiger partial charge in [-0.15, -0.1) is 24.0 Å². The van der Waals surface area contributed by atoms with Crippen LogP contribution < -0.4 is 10.6 Å². The summed E-state index contributed by atoms with van der Waals surface area (Å²) in [5.41, 5.74) is 1.95. The first kappa shape index (κ1) is 23.2. The number of aliphatic imine (C=N–C) groups is 1. The van der Waals surface area contributed by atoms with E-state index in [0.29, 0.717) is 5.41 Å². The summed E-state index contributed by atoms with van der Waals surface area (Å²) in [7, 11) is 3.64. The van der Waals surface area contributed by atoms with Crippen LogP contribution in [0.1, 0.15) is 45.1 Å². The van der Waals surface area contributed by atoms with E-state index < -0.39 is 0 Å². The van der Waals surface area contributed by atoms with Gasteiger partial charge in [0.1, 0.15) is 0 Å². The number of nitrogens with zero attached hydrogens (tertiary/aromatic N) is 1. The van der Waals surface area contributed by atoms with E-state index in [1.54, 1.807) is 7.11 Å². The molecule has 2 rings (SSSR count). The Labute approximate surface area is 176 Å². The van der Waals surface area contributed by atoms with E-state index in [2.05, 4.69) is 59.8 Å². The van der Waals surface area contributed by atoms with Crippen molar-refractivity contribution in [1.29, 1.82) is 0 Å². The lowest BCUT2D eigenvalue weighted by molar-refractivity contribution is 0.0732. The van der Waals surface area contributed by atoms with Crippen LogP contribution in [-0.4, -0.2) is 39.8 Å². The van der Waals surface area contributed by atoms with Gasteiger partial charge >= 0.3 is 0 Å². The number of methoxy groups -OCH3 is 1. The highest BCUT2D eigenvalue weighted by molar-refractivity contribution is 14.0. The lowest BCUT2D eigenvalue weighted by Crippen LogP contribution is -2.48. The van der Waals surface area contributed by atoms with Gasteiger partial charge in [-0.25, -0.2) is 0 Å². The van der Waals surface area contributed by atoms with Gasteiger partial charge in [-0.05, 0) is 42.1 Å². The van der Waals surface area contributed by atoms with Crippen molar-refractivity contribution in [2.75, 3.05) is 33.9 Å². The number of benzene rings is 1. The molecule has 148 valence electrons. The smallest absolute Gasteiger partial charge is 0.191 e. The molecule has 0 aromatic heterocycles. The molecule has 1 aromatic rings. The molecule has 4 nitrogen and oxygen atoms in total. The fourth-order valence-electron chi connectivity index (χ4n) is 3.54. The van der Waals surface area contributed by atoms with Crippen LogP contribution in [0.4, 0.5) is 0 Å². The fraction of sp³-hybridized carbons (Fsp3) is 0.667. The Morgan fingerprint density at radius 3 is 2.42 bits per heavy atom. The molecule has 0 bridgehead atoms. The molecule has 0 atom stereocenters. The minimum absolute atomic E-state index is 0. The minimum Gasteiger partial charge on any atom is -0.385 e. The zero-order valence-electron chi connectivity index (χ0n) is 16.8. The number of hydrogen-bond acceptors (Lipinski definition) is 2. The zero-order valence-corrected chi connectivity index (χ0v) is 19.1. The summed E-state index contributed by atoms with van der Waals surface area (Å²) in [4.78, 5) is 4.40. The van der Waals surface area contributed by atoms with Crippen molar-refractivity contribution in [2.24, 2.45) is 15.8 Å². The molecule has 0 spiro atoms. The second-order valence-electron chi connectivity index (χ2n) is 8.20. The quantitative estimate of drug-likeness (QED) is 0.320. The Balaban J connectivity index is 0.00000338. The standard InChI is InChI=1S/C21H35N3O.HI/c1-20(2,15-18-9-6-5-7-10-18)16-23-19(22-3)24-17-21(11-8-12-21)13-14-25-4;/h5-7,9-10H,8,11-17H2,1-4H3,(H2,22,23,24);1H. The predicted octanol–water partition coefficient (Wildman–Crippen LogP) is 4.25. The highest BCUT2D eigenvalue weighted by Crippen LogP contribution is 2.43. The topological polar surface area (TPSA) is 45.7 Å². The first-order valence-corrected chi connectivity index (χ1v) is 9.46. The van der Waals surface area contributed by atoms with E-state index in [9.17, 15) is 0 Å². The van der Waals surface area contributed by atoms with Crippen molar-refractivity contribution in [3.63, 3.8) is 0 Å². The number of hydrogen-bond donors (Lipinski definition) is 2. The van der Waals surface area contributed by atoms with Crippen LogP contribution in [0, 0.1) is 10.8 Å². The Morgan fingerprint density at radius 2 is 1.88 bits per heavy atom. The van der Waals surface area contributed by atoms with E-state index in [4.69, 9.17) is 4.74 Å². The summed E-state index contributed by atoms with van der Waals surface area (Å²) in [6.45, 7) is 7.32. The van der Waals surface area contributed by atoms with Crippen LogP contribution in [0.25, 0.3) is 0 Å². The first-order valence-electron chi connectivity index (χ1n) is 9.46. The Morgan fingerprint density at radius 1 is 1.19 bits per heavy atom. The van der Waals surface area contributed by atoms with E-state index >= 15 is 0 Å². The van der Waals surface area contributed by atoms with Gasteiger partial charge in [0.15, 0.2) is 5.96 Å². The highest BCUT2D eigenvalue weighted by atomic mass is 127. The molecule has 1 fully saturated rings. The number of nitrogens with one attached hydrogen (secondary N) is 2. The van der Waals surface area contributed by atoms with Gasteiger partial charge < -0.3 is 15.4 Å². The molecule has 0 amide bonds. The number of ether oxygens (including phenoxy) is 1. The normalized spacial score (nSPS) is 16.4. The van der Waals surface area contributed by atoms with Crippen molar-refractivity contribution >= 4 is 29.9 Å². The average Bonchev–Trinajstić information content (AvgIpc) is 2.56. The third-order valence-electron chi connectivity index (χ3n) is 5.37. The third kappa shape index (κ3) is 7.43. The maximum atomic E-state index is 5.28. The molecule has 1 saturated carbocycles. The molecule has 1 aliphatic carbocycles. The minimum atomic E-state index is 0. The van der Waals surface area contributed by atoms with Gasteiger partial charge in [0.25, 0.3) is 0 Å². The average molecular weight is 473 g/mol. The molecule has 0 aliphatic heterocycles. The van der Waals surface area contributed by atoms with Gasteiger partial charge in [0.05, 0.1) is 0 Å². The second-order valence-corrected chi connectivity index (χ2v) is 8.20. The Hall–Kier alpha value is -0.820. The molecular formula is C21H36IN3O. The molecule has 1 aromatic carbocycles. The van der Waals surface area contributed by atoms with Crippen LogP contribution in [0.5, 0.6) is 0 Å². The second kappa shape index (κ2) is 11.1. The van der Waals surface area contributed by atoms with E-state index in [1.807, 2.05) is 7.05 Å². The van der Waals surface area contributed by atoms with Crippen LogP contribution in [0.3, 0.4) is 0 Å². The van der Waals surface area contributed by atoms with Crippen LogP contribution in [-0.2, 0) is 11.2 Å². The predicted molar refractivity (Wildman–Crippen MR) is 121 cm³/mol. The summed E-state index contributed by atoms with van der Waals surface area (Å²) in [6, 6.07) is 10.7. The summed E-state index contributed by atoms with van der Waals surface area (Å²) >= 11 is 0. The molecule has 2 N–H and O–H groups in total. The van der Waals surface area contributed by atoms with Crippen molar-refractivity contribution in [1.82, 2.24) is 10.6 Å². The molecule has 5 heteroatoms. The highest BCUT2D eigenvalue weighted by Gasteiger charge is 2.36. The van der Waals surface area contributed by atoms with Gasteiger partial charge in [0.2, 0.25) is 0 Å². The fourth-order valence-corrected chi connectivity index (χ4v) is 3.54.